The lowest BCUT2D eigenvalue weighted by molar-refractivity contribution is 0.308. The summed E-state index contributed by atoms with van der Waals surface area (Å²) in [5.74, 6) is 0.735. The summed E-state index contributed by atoms with van der Waals surface area (Å²) in [6, 6.07) is 8.11. The van der Waals surface area contributed by atoms with Gasteiger partial charge in [-0.15, -0.1) is 0 Å². The fourth-order valence-electron chi connectivity index (χ4n) is 3.39. The molecule has 0 atom stereocenters. The number of hydrogen-bond donors (Lipinski definition) is 0. The first kappa shape index (κ1) is 20.9. The molecule has 3 aromatic rings. The van der Waals surface area contributed by atoms with Gasteiger partial charge in [-0.1, -0.05) is 43.3 Å². The molecule has 0 aliphatic carbocycles. The van der Waals surface area contributed by atoms with E-state index in [0.717, 1.165) is 51.2 Å². The Hall–Kier alpha value is -2.85. The smallest absolute Gasteiger partial charge is 0.146 e. The molecule has 3 rings (SSSR count). The molecule has 0 radical (unpaired) electrons. The van der Waals surface area contributed by atoms with Crippen molar-refractivity contribution in [3.05, 3.63) is 82.8 Å². The Bertz CT molecular complexity index is 1070. The second-order valence-electron chi connectivity index (χ2n) is 7.05. The van der Waals surface area contributed by atoms with E-state index in [1.165, 1.54) is 0 Å². The average molecular weight is 408 g/mol. The van der Waals surface area contributed by atoms with Crippen LogP contribution < -0.4 is 4.74 Å². The highest BCUT2D eigenvalue weighted by atomic mass is 35.5. The average Bonchev–Trinajstić information content (AvgIpc) is 2.70. The van der Waals surface area contributed by atoms with Crippen molar-refractivity contribution in [3.63, 3.8) is 0 Å². The summed E-state index contributed by atoms with van der Waals surface area (Å²) in [5.41, 5.74) is 5.98. The number of ether oxygens (including phenoxy) is 1. The van der Waals surface area contributed by atoms with Crippen molar-refractivity contribution >= 4 is 28.2 Å². The van der Waals surface area contributed by atoms with E-state index in [9.17, 15) is 0 Å². The van der Waals surface area contributed by atoms with Gasteiger partial charge in [-0.3, -0.25) is 4.98 Å². The van der Waals surface area contributed by atoms with Crippen LogP contribution in [0.1, 0.15) is 29.3 Å². The van der Waals surface area contributed by atoms with Crippen molar-refractivity contribution in [2.75, 3.05) is 14.1 Å². The van der Waals surface area contributed by atoms with E-state index >= 15 is 0 Å². The first-order valence-corrected chi connectivity index (χ1v) is 9.98. The molecule has 0 fully saturated rings. The lowest BCUT2D eigenvalue weighted by Crippen LogP contribution is -2.11. The zero-order valence-electron chi connectivity index (χ0n) is 17.4. The molecular weight excluding hydrogens is 382 g/mol. The topological polar surface area (TPSA) is 38.3 Å². The van der Waals surface area contributed by atoms with Gasteiger partial charge in [-0.05, 0) is 37.1 Å². The highest BCUT2D eigenvalue weighted by Gasteiger charge is 2.14. The molecule has 0 N–H and O–H groups in total. The van der Waals surface area contributed by atoms with Crippen LogP contribution in [0.2, 0.25) is 5.02 Å². The molecule has 4 nitrogen and oxygen atoms in total. The van der Waals surface area contributed by atoms with E-state index in [1.54, 1.807) is 12.3 Å². The first-order chi connectivity index (χ1) is 14.0. The summed E-state index contributed by atoms with van der Waals surface area (Å²) < 4.78 is 6.21. The molecule has 0 saturated carbocycles. The molecule has 0 bridgehead atoms. The summed E-state index contributed by atoms with van der Waals surface area (Å²) in [5, 5.41) is 1.66. The highest BCUT2D eigenvalue weighted by Crippen LogP contribution is 2.32. The van der Waals surface area contributed by atoms with Crippen LogP contribution in [0.4, 0.5) is 0 Å². The number of aryl methyl sites for hydroxylation is 2. The van der Waals surface area contributed by atoms with Gasteiger partial charge in [0, 0.05) is 54.4 Å². The summed E-state index contributed by atoms with van der Waals surface area (Å²) in [7, 11) is 4.05. The maximum atomic E-state index is 6.37. The van der Waals surface area contributed by atoms with E-state index in [1.807, 2.05) is 45.4 Å². The van der Waals surface area contributed by atoms with Gasteiger partial charge >= 0.3 is 0 Å². The van der Waals surface area contributed by atoms with Gasteiger partial charge < -0.3 is 9.64 Å². The summed E-state index contributed by atoms with van der Waals surface area (Å²) >= 11 is 6.37. The summed E-state index contributed by atoms with van der Waals surface area (Å²) in [6.45, 7) is 8.31. The Morgan fingerprint density at radius 2 is 2.07 bits per heavy atom. The molecule has 0 unspecified atom stereocenters. The fraction of sp³-hybridized carbons (Fsp3) is 0.250. The monoisotopic (exact) mass is 407 g/mol. The predicted molar refractivity (Wildman–Crippen MR) is 121 cm³/mol. The van der Waals surface area contributed by atoms with Crippen molar-refractivity contribution in [2.45, 2.75) is 26.9 Å². The number of rotatable bonds is 7. The van der Waals surface area contributed by atoms with Gasteiger partial charge in [0.25, 0.3) is 0 Å². The van der Waals surface area contributed by atoms with Crippen molar-refractivity contribution in [3.8, 4) is 5.75 Å². The number of para-hydroxylation sites is 1. The molecule has 1 aromatic carbocycles. The molecule has 0 saturated heterocycles. The minimum Gasteiger partial charge on any atom is -0.487 e. The lowest BCUT2D eigenvalue weighted by atomic mass is 10.0. The number of allylic oxidation sites excluding steroid dienone is 2. The Morgan fingerprint density at radius 1 is 1.28 bits per heavy atom. The van der Waals surface area contributed by atoms with Crippen molar-refractivity contribution in [1.29, 1.82) is 0 Å². The summed E-state index contributed by atoms with van der Waals surface area (Å²) in [4.78, 5) is 11.0. The standard InChI is InChI=1S/C24H26ClN3O/c1-6-9-22(28(4)5)19-12-16(3)27-24-18(19)10-8-11-23(24)29-15-20-17(7-2)13-26-14-21(20)25/h6,8-14H,1,7,15H2,2-5H3/b22-9-. The second-order valence-corrected chi connectivity index (χ2v) is 7.45. The van der Waals surface area contributed by atoms with Crippen LogP contribution in [-0.4, -0.2) is 29.0 Å². The zero-order valence-corrected chi connectivity index (χ0v) is 18.1. The molecule has 150 valence electrons. The number of hydrogen-bond acceptors (Lipinski definition) is 4. The van der Waals surface area contributed by atoms with Crippen molar-refractivity contribution < 1.29 is 4.74 Å². The lowest BCUT2D eigenvalue weighted by Gasteiger charge is -2.20. The second kappa shape index (κ2) is 9.10. The molecule has 0 spiro atoms. The fourth-order valence-corrected chi connectivity index (χ4v) is 3.62. The minimum atomic E-state index is 0.373. The normalized spacial score (nSPS) is 11.6. The maximum absolute atomic E-state index is 6.37. The van der Waals surface area contributed by atoms with Crippen LogP contribution in [0.15, 0.2) is 55.4 Å². The van der Waals surface area contributed by atoms with Gasteiger partial charge in [-0.2, -0.15) is 0 Å². The van der Waals surface area contributed by atoms with Crippen molar-refractivity contribution in [1.82, 2.24) is 14.9 Å². The van der Waals surface area contributed by atoms with Crippen LogP contribution in [0.3, 0.4) is 0 Å². The van der Waals surface area contributed by atoms with Crippen LogP contribution in [-0.2, 0) is 13.0 Å². The molecule has 0 amide bonds. The van der Waals surface area contributed by atoms with Crippen LogP contribution in [0.25, 0.3) is 16.6 Å². The van der Waals surface area contributed by atoms with E-state index in [4.69, 9.17) is 21.3 Å². The van der Waals surface area contributed by atoms with E-state index in [2.05, 4.69) is 35.5 Å². The molecule has 0 aliphatic heterocycles. The van der Waals surface area contributed by atoms with Crippen LogP contribution in [0, 0.1) is 6.92 Å². The molecule has 2 aromatic heterocycles. The number of fused-ring (bicyclic) bond motifs is 1. The van der Waals surface area contributed by atoms with Crippen LogP contribution >= 0.6 is 11.6 Å². The highest BCUT2D eigenvalue weighted by molar-refractivity contribution is 6.31. The zero-order chi connectivity index (χ0) is 21.0. The Kier molecular flexibility index (Phi) is 6.55. The van der Waals surface area contributed by atoms with Gasteiger partial charge in [-0.25, -0.2) is 4.98 Å². The SMILES string of the molecule is C=C/C=C(/c1cc(C)nc2c(OCc3c(Cl)cncc3CC)cccc12)N(C)C. The third-order valence-corrected chi connectivity index (χ3v) is 5.14. The number of aromatic nitrogens is 2. The van der Waals surface area contributed by atoms with Gasteiger partial charge in [0.1, 0.15) is 17.9 Å². The predicted octanol–water partition coefficient (Wildman–Crippen LogP) is 5.82. The largest absolute Gasteiger partial charge is 0.487 e. The Morgan fingerprint density at radius 3 is 2.76 bits per heavy atom. The van der Waals surface area contributed by atoms with Crippen molar-refractivity contribution in [2.24, 2.45) is 0 Å². The Balaban J connectivity index is 2.07. The van der Waals surface area contributed by atoms with Gasteiger partial charge in [0.2, 0.25) is 0 Å². The molecule has 5 heteroatoms. The first-order valence-electron chi connectivity index (χ1n) is 9.61. The maximum Gasteiger partial charge on any atom is 0.146 e. The third kappa shape index (κ3) is 4.43. The summed E-state index contributed by atoms with van der Waals surface area (Å²) in [6.07, 6.45) is 8.16. The number of pyridine rings is 2. The van der Waals surface area contributed by atoms with E-state index in [0.29, 0.717) is 11.6 Å². The number of nitrogens with zero attached hydrogens (tertiary/aromatic N) is 3. The number of halogens is 1. The van der Waals surface area contributed by atoms with Crippen LogP contribution in [0.5, 0.6) is 5.75 Å². The van der Waals surface area contributed by atoms with E-state index in [-0.39, 0.29) is 0 Å². The molecule has 2 heterocycles. The number of benzene rings is 1. The minimum absolute atomic E-state index is 0.373. The quantitative estimate of drug-likeness (QED) is 0.462. The third-order valence-electron chi connectivity index (χ3n) is 4.81. The Labute approximate surface area is 177 Å². The molecule has 0 aliphatic rings. The van der Waals surface area contributed by atoms with Gasteiger partial charge in [0.05, 0.1) is 5.02 Å². The molecule has 29 heavy (non-hydrogen) atoms. The van der Waals surface area contributed by atoms with E-state index < -0.39 is 0 Å². The molecular formula is C24H26ClN3O. The van der Waals surface area contributed by atoms with Gasteiger partial charge in [0.15, 0.2) is 0 Å².